The molecule has 78 valence electrons. The third kappa shape index (κ3) is 2.07. The Balaban J connectivity index is 2.02. The molecule has 0 aromatic carbocycles. The summed E-state index contributed by atoms with van der Waals surface area (Å²) < 4.78 is 1.72. The average Bonchev–Trinajstić information content (AvgIpc) is 2.47. The Hall–Kier alpha value is -1.03. The van der Waals surface area contributed by atoms with E-state index in [-0.39, 0.29) is 5.56 Å². The molecule has 14 heavy (non-hydrogen) atoms. The van der Waals surface area contributed by atoms with Gasteiger partial charge in [-0.1, -0.05) is 0 Å². The van der Waals surface area contributed by atoms with E-state index in [0.29, 0.717) is 5.92 Å². The Morgan fingerprint density at radius 2 is 2.50 bits per heavy atom. The summed E-state index contributed by atoms with van der Waals surface area (Å²) in [5, 5.41) is 6.42. The van der Waals surface area contributed by atoms with Gasteiger partial charge in [-0.15, -0.1) is 0 Å². The summed E-state index contributed by atoms with van der Waals surface area (Å²) in [6.07, 6.45) is 2.44. The fourth-order valence-electron chi connectivity index (χ4n) is 2.04. The van der Waals surface area contributed by atoms with Gasteiger partial charge in [-0.2, -0.15) is 0 Å². The van der Waals surface area contributed by atoms with Gasteiger partial charge in [0.25, 0.3) is 5.56 Å². The van der Waals surface area contributed by atoms with E-state index in [4.69, 9.17) is 0 Å². The van der Waals surface area contributed by atoms with Crippen LogP contribution >= 0.6 is 0 Å². The molecule has 1 aromatic heterocycles. The molecule has 1 aromatic rings. The zero-order valence-electron chi connectivity index (χ0n) is 8.55. The standard InChI is InChI=1S/C10H17N3O/c1-8-5-10(14)13(12-8)7-9-3-2-4-11-6-9/h5,9,11-12H,2-4,6-7H2,1H3/t9-/m1/s1. The molecule has 2 N–H and O–H groups in total. The van der Waals surface area contributed by atoms with E-state index in [9.17, 15) is 4.79 Å². The maximum absolute atomic E-state index is 11.4. The van der Waals surface area contributed by atoms with Crippen LogP contribution in [0.4, 0.5) is 0 Å². The molecule has 4 heteroatoms. The van der Waals surface area contributed by atoms with Gasteiger partial charge in [-0.3, -0.25) is 14.6 Å². The van der Waals surface area contributed by atoms with E-state index in [1.165, 1.54) is 12.8 Å². The Morgan fingerprint density at radius 1 is 1.64 bits per heavy atom. The second-order valence-electron chi connectivity index (χ2n) is 4.10. The summed E-state index contributed by atoms with van der Waals surface area (Å²) in [6, 6.07) is 1.65. The van der Waals surface area contributed by atoms with E-state index >= 15 is 0 Å². The Morgan fingerprint density at radius 3 is 3.07 bits per heavy atom. The van der Waals surface area contributed by atoms with Crippen molar-refractivity contribution in [2.45, 2.75) is 26.3 Å². The lowest BCUT2D eigenvalue weighted by Gasteiger charge is -2.22. The molecule has 0 bridgehead atoms. The highest BCUT2D eigenvalue weighted by Gasteiger charge is 2.14. The van der Waals surface area contributed by atoms with Gasteiger partial charge in [-0.25, -0.2) is 0 Å². The van der Waals surface area contributed by atoms with Crippen molar-refractivity contribution in [1.82, 2.24) is 15.1 Å². The van der Waals surface area contributed by atoms with Gasteiger partial charge < -0.3 is 5.32 Å². The monoisotopic (exact) mass is 195 g/mol. The molecule has 1 atom stereocenters. The molecule has 0 spiro atoms. The number of rotatable bonds is 2. The van der Waals surface area contributed by atoms with Crippen molar-refractivity contribution >= 4 is 0 Å². The Labute approximate surface area is 83.3 Å². The van der Waals surface area contributed by atoms with Crippen LogP contribution in [-0.4, -0.2) is 22.9 Å². The smallest absolute Gasteiger partial charge is 0.266 e. The van der Waals surface area contributed by atoms with Crippen molar-refractivity contribution in [3.63, 3.8) is 0 Å². The van der Waals surface area contributed by atoms with Crippen LogP contribution in [0.25, 0.3) is 0 Å². The molecule has 1 aliphatic rings. The summed E-state index contributed by atoms with van der Waals surface area (Å²) in [4.78, 5) is 11.4. The maximum atomic E-state index is 11.4. The zero-order chi connectivity index (χ0) is 9.97. The minimum atomic E-state index is 0.0908. The molecular weight excluding hydrogens is 178 g/mol. The van der Waals surface area contributed by atoms with E-state index in [1.54, 1.807) is 10.7 Å². The number of aromatic nitrogens is 2. The number of hydrogen-bond donors (Lipinski definition) is 2. The minimum absolute atomic E-state index is 0.0908. The number of hydrogen-bond acceptors (Lipinski definition) is 2. The third-order valence-electron chi connectivity index (χ3n) is 2.76. The second kappa shape index (κ2) is 4.00. The summed E-state index contributed by atoms with van der Waals surface area (Å²) in [5.41, 5.74) is 1.03. The molecule has 1 fully saturated rings. The van der Waals surface area contributed by atoms with Crippen LogP contribution in [0.1, 0.15) is 18.5 Å². The highest BCUT2D eigenvalue weighted by molar-refractivity contribution is 4.95. The molecular formula is C10H17N3O. The molecule has 1 aliphatic heterocycles. The highest BCUT2D eigenvalue weighted by Crippen LogP contribution is 2.10. The van der Waals surface area contributed by atoms with Crippen molar-refractivity contribution in [2.75, 3.05) is 13.1 Å². The normalized spacial score (nSPS) is 22.5. The molecule has 0 aliphatic carbocycles. The molecule has 2 rings (SSSR count). The number of aromatic amines is 1. The highest BCUT2D eigenvalue weighted by atomic mass is 16.1. The van der Waals surface area contributed by atoms with Crippen molar-refractivity contribution in [1.29, 1.82) is 0 Å². The first kappa shape index (κ1) is 9.52. The van der Waals surface area contributed by atoms with Crippen LogP contribution in [0.2, 0.25) is 0 Å². The number of H-pyrrole nitrogens is 1. The Kier molecular flexibility index (Phi) is 2.72. The molecule has 0 radical (unpaired) electrons. The molecule has 2 heterocycles. The van der Waals surface area contributed by atoms with E-state index < -0.39 is 0 Å². The quantitative estimate of drug-likeness (QED) is 0.721. The van der Waals surface area contributed by atoms with Gasteiger partial charge >= 0.3 is 0 Å². The predicted octanol–water partition coefficient (Wildman–Crippen LogP) is 0.484. The topological polar surface area (TPSA) is 49.8 Å². The predicted molar refractivity (Wildman–Crippen MR) is 55.4 cm³/mol. The van der Waals surface area contributed by atoms with Gasteiger partial charge in [-0.05, 0) is 38.8 Å². The third-order valence-corrected chi connectivity index (χ3v) is 2.76. The van der Waals surface area contributed by atoms with Gasteiger partial charge in [0, 0.05) is 18.3 Å². The van der Waals surface area contributed by atoms with Gasteiger partial charge in [0.2, 0.25) is 0 Å². The first-order valence-corrected chi connectivity index (χ1v) is 5.23. The molecule has 1 saturated heterocycles. The fraction of sp³-hybridized carbons (Fsp3) is 0.700. The van der Waals surface area contributed by atoms with E-state index in [1.807, 2.05) is 6.92 Å². The van der Waals surface area contributed by atoms with Crippen molar-refractivity contribution in [3.8, 4) is 0 Å². The molecule has 4 nitrogen and oxygen atoms in total. The van der Waals surface area contributed by atoms with E-state index in [0.717, 1.165) is 25.3 Å². The van der Waals surface area contributed by atoms with Crippen molar-refractivity contribution < 1.29 is 0 Å². The van der Waals surface area contributed by atoms with Crippen LogP contribution in [0, 0.1) is 12.8 Å². The number of piperidine rings is 1. The first-order valence-electron chi connectivity index (χ1n) is 5.23. The van der Waals surface area contributed by atoms with E-state index in [2.05, 4.69) is 10.4 Å². The largest absolute Gasteiger partial charge is 0.316 e. The van der Waals surface area contributed by atoms with Crippen molar-refractivity contribution in [3.05, 3.63) is 22.1 Å². The fourth-order valence-corrected chi connectivity index (χ4v) is 2.04. The SMILES string of the molecule is Cc1cc(=O)n(C[C@@H]2CCCNC2)[nH]1. The lowest BCUT2D eigenvalue weighted by Crippen LogP contribution is -2.34. The lowest BCUT2D eigenvalue weighted by molar-refractivity contribution is 0.321. The van der Waals surface area contributed by atoms with Crippen LogP contribution in [0.15, 0.2) is 10.9 Å². The summed E-state index contributed by atoms with van der Waals surface area (Å²) in [6.45, 7) is 4.89. The minimum Gasteiger partial charge on any atom is -0.316 e. The van der Waals surface area contributed by atoms with Gasteiger partial charge in [0.05, 0.1) is 0 Å². The van der Waals surface area contributed by atoms with Crippen molar-refractivity contribution in [2.24, 2.45) is 5.92 Å². The van der Waals surface area contributed by atoms with Gasteiger partial charge in [0.15, 0.2) is 0 Å². The molecule has 0 amide bonds. The molecule has 0 saturated carbocycles. The zero-order valence-corrected chi connectivity index (χ0v) is 8.55. The summed E-state index contributed by atoms with van der Waals surface area (Å²) in [5.74, 6) is 0.597. The van der Waals surface area contributed by atoms with Crippen LogP contribution < -0.4 is 10.9 Å². The second-order valence-corrected chi connectivity index (χ2v) is 4.10. The summed E-state index contributed by atoms with van der Waals surface area (Å²) in [7, 11) is 0. The number of aryl methyl sites for hydroxylation is 1. The van der Waals surface area contributed by atoms with Gasteiger partial charge in [0.1, 0.15) is 0 Å². The summed E-state index contributed by atoms with van der Waals surface area (Å²) >= 11 is 0. The first-order chi connectivity index (χ1) is 6.75. The maximum Gasteiger partial charge on any atom is 0.266 e. The molecule has 0 unspecified atom stereocenters. The van der Waals surface area contributed by atoms with Crippen LogP contribution in [0.3, 0.4) is 0 Å². The van der Waals surface area contributed by atoms with Crippen LogP contribution in [-0.2, 0) is 6.54 Å². The average molecular weight is 195 g/mol. The Bertz CT molecular complexity index is 346. The lowest BCUT2D eigenvalue weighted by atomic mass is 10.00. The van der Waals surface area contributed by atoms with Crippen LogP contribution in [0.5, 0.6) is 0 Å². The number of nitrogens with one attached hydrogen (secondary N) is 2. The number of nitrogens with zero attached hydrogens (tertiary/aromatic N) is 1.